The molecule has 1 fully saturated rings. The van der Waals surface area contributed by atoms with E-state index in [-0.39, 0.29) is 23.7 Å². The van der Waals surface area contributed by atoms with Crippen molar-refractivity contribution in [2.75, 3.05) is 25.0 Å². The number of hydrogen-bond acceptors (Lipinski definition) is 4. The zero-order valence-corrected chi connectivity index (χ0v) is 17.4. The number of carbonyl (C=O) groups is 2. The van der Waals surface area contributed by atoms with Gasteiger partial charge in [-0.2, -0.15) is 0 Å². The number of benzene rings is 2. The molecule has 0 unspecified atom stereocenters. The van der Waals surface area contributed by atoms with E-state index in [9.17, 15) is 14.0 Å². The van der Waals surface area contributed by atoms with Gasteiger partial charge in [0.05, 0.1) is 23.3 Å². The summed E-state index contributed by atoms with van der Waals surface area (Å²) in [6.07, 6.45) is 1.55. The lowest BCUT2D eigenvalue weighted by Gasteiger charge is -2.32. The number of para-hydroxylation sites is 1. The quantitative estimate of drug-likeness (QED) is 0.662. The predicted molar refractivity (Wildman–Crippen MR) is 118 cm³/mol. The van der Waals surface area contributed by atoms with Crippen molar-refractivity contribution in [3.8, 4) is 0 Å². The van der Waals surface area contributed by atoms with Gasteiger partial charge >= 0.3 is 0 Å². The lowest BCUT2D eigenvalue weighted by Crippen LogP contribution is -2.46. The largest absolute Gasteiger partial charge is 0.349 e. The Labute approximate surface area is 180 Å². The van der Waals surface area contributed by atoms with Gasteiger partial charge in [0.25, 0.3) is 5.91 Å². The van der Waals surface area contributed by atoms with E-state index in [1.807, 2.05) is 30.3 Å². The maximum Gasteiger partial charge on any atom is 0.253 e. The molecule has 0 bridgehead atoms. The number of amides is 2. The Balaban J connectivity index is 1.30. The first-order valence-electron chi connectivity index (χ1n) is 10.4. The molecule has 7 heteroatoms. The highest BCUT2D eigenvalue weighted by Crippen LogP contribution is 2.19. The van der Waals surface area contributed by atoms with Crippen LogP contribution in [-0.4, -0.2) is 47.4 Å². The number of hydrogen-bond donors (Lipinski definition) is 2. The number of piperidine rings is 1. The van der Waals surface area contributed by atoms with Gasteiger partial charge in [-0.05, 0) is 50.1 Å². The summed E-state index contributed by atoms with van der Waals surface area (Å²) >= 11 is 0. The van der Waals surface area contributed by atoms with Gasteiger partial charge in [0.1, 0.15) is 5.82 Å². The Morgan fingerprint density at radius 1 is 1.10 bits per heavy atom. The minimum absolute atomic E-state index is 0.0389. The number of nitrogens with zero attached hydrogens (tertiary/aromatic N) is 2. The Hall–Kier alpha value is -3.32. The third-order valence-corrected chi connectivity index (χ3v) is 5.56. The SMILES string of the molecule is Cc1nc2cc(F)ccc2cc1C(=O)NC1CCN(CC(=O)Nc2ccccc2)CC1. The van der Waals surface area contributed by atoms with Crippen molar-refractivity contribution in [3.63, 3.8) is 0 Å². The lowest BCUT2D eigenvalue weighted by atomic mass is 10.0. The van der Waals surface area contributed by atoms with E-state index in [1.165, 1.54) is 12.1 Å². The normalized spacial score (nSPS) is 15.0. The van der Waals surface area contributed by atoms with E-state index < -0.39 is 0 Å². The topological polar surface area (TPSA) is 74.3 Å². The number of nitrogens with one attached hydrogen (secondary N) is 2. The third kappa shape index (κ3) is 5.24. The van der Waals surface area contributed by atoms with Crippen molar-refractivity contribution in [1.82, 2.24) is 15.2 Å². The molecule has 31 heavy (non-hydrogen) atoms. The van der Waals surface area contributed by atoms with Gasteiger partial charge in [0.2, 0.25) is 5.91 Å². The molecule has 6 nitrogen and oxygen atoms in total. The summed E-state index contributed by atoms with van der Waals surface area (Å²) in [5.41, 5.74) is 2.40. The molecule has 160 valence electrons. The molecular weight excluding hydrogens is 395 g/mol. The van der Waals surface area contributed by atoms with E-state index in [2.05, 4.69) is 20.5 Å². The van der Waals surface area contributed by atoms with Crippen LogP contribution in [0.4, 0.5) is 10.1 Å². The number of pyridine rings is 1. The minimum Gasteiger partial charge on any atom is -0.349 e. The van der Waals surface area contributed by atoms with Crippen molar-refractivity contribution in [3.05, 3.63) is 71.7 Å². The molecule has 3 aromatic rings. The van der Waals surface area contributed by atoms with Gasteiger partial charge in [0, 0.05) is 36.3 Å². The fourth-order valence-corrected chi connectivity index (χ4v) is 3.89. The molecule has 1 saturated heterocycles. The first-order chi connectivity index (χ1) is 15.0. The molecule has 1 aliphatic rings. The summed E-state index contributed by atoms with van der Waals surface area (Å²) in [6, 6.07) is 15.6. The highest BCUT2D eigenvalue weighted by atomic mass is 19.1. The Morgan fingerprint density at radius 3 is 2.58 bits per heavy atom. The Morgan fingerprint density at radius 2 is 1.84 bits per heavy atom. The summed E-state index contributed by atoms with van der Waals surface area (Å²) in [6.45, 7) is 3.57. The smallest absolute Gasteiger partial charge is 0.253 e. The van der Waals surface area contributed by atoms with Crippen LogP contribution in [0.3, 0.4) is 0 Å². The summed E-state index contributed by atoms with van der Waals surface area (Å²) in [5.74, 6) is -0.555. The third-order valence-electron chi connectivity index (χ3n) is 5.56. The predicted octanol–water partition coefficient (Wildman–Crippen LogP) is 3.52. The highest BCUT2D eigenvalue weighted by Gasteiger charge is 2.23. The number of anilines is 1. The number of halogens is 1. The lowest BCUT2D eigenvalue weighted by molar-refractivity contribution is -0.117. The van der Waals surface area contributed by atoms with Crippen LogP contribution in [0.2, 0.25) is 0 Å². The maximum atomic E-state index is 13.4. The number of aryl methyl sites for hydroxylation is 1. The first-order valence-corrected chi connectivity index (χ1v) is 10.4. The number of likely N-dealkylation sites (tertiary alicyclic amines) is 1. The maximum absolute atomic E-state index is 13.4. The molecule has 0 aliphatic carbocycles. The summed E-state index contributed by atoms with van der Waals surface area (Å²) in [4.78, 5) is 31.5. The number of carbonyl (C=O) groups excluding carboxylic acids is 2. The van der Waals surface area contributed by atoms with Crippen LogP contribution in [0.25, 0.3) is 10.9 Å². The molecule has 0 saturated carbocycles. The van der Waals surface area contributed by atoms with Crippen LogP contribution in [0.5, 0.6) is 0 Å². The second kappa shape index (κ2) is 9.22. The summed E-state index contributed by atoms with van der Waals surface area (Å²) in [7, 11) is 0. The summed E-state index contributed by atoms with van der Waals surface area (Å²) in [5, 5.41) is 6.72. The van der Waals surface area contributed by atoms with Crippen LogP contribution < -0.4 is 10.6 Å². The highest BCUT2D eigenvalue weighted by molar-refractivity contribution is 5.98. The summed E-state index contributed by atoms with van der Waals surface area (Å²) < 4.78 is 13.4. The zero-order chi connectivity index (χ0) is 21.8. The van der Waals surface area contributed by atoms with Crippen molar-refractivity contribution < 1.29 is 14.0 Å². The molecule has 0 spiro atoms. The van der Waals surface area contributed by atoms with Crippen LogP contribution >= 0.6 is 0 Å². The Bertz CT molecular complexity index is 1100. The van der Waals surface area contributed by atoms with Gasteiger partial charge in [-0.25, -0.2) is 4.39 Å². The molecule has 4 rings (SSSR count). The average molecular weight is 420 g/mol. The average Bonchev–Trinajstić information content (AvgIpc) is 2.75. The number of aromatic nitrogens is 1. The van der Waals surface area contributed by atoms with E-state index in [4.69, 9.17) is 0 Å². The zero-order valence-electron chi connectivity index (χ0n) is 17.4. The van der Waals surface area contributed by atoms with Crippen molar-refractivity contribution in [2.45, 2.75) is 25.8 Å². The van der Waals surface area contributed by atoms with Gasteiger partial charge in [0.15, 0.2) is 0 Å². The second-order valence-corrected chi connectivity index (χ2v) is 7.90. The van der Waals surface area contributed by atoms with Crippen molar-refractivity contribution in [1.29, 1.82) is 0 Å². The molecule has 2 amide bonds. The Kier molecular flexibility index (Phi) is 6.23. The number of rotatable bonds is 5. The first kappa shape index (κ1) is 20.9. The van der Waals surface area contributed by atoms with E-state index in [0.717, 1.165) is 37.0 Å². The molecule has 0 atom stereocenters. The minimum atomic E-state index is -0.346. The molecule has 2 N–H and O–H groups in total. The molecule has 2 heterocycles. The van der Waals surface area contributed by atoms with Crippen molar-refractivity contribution >= 4 is 28.4 Å². The van der Waals surface area contributed by atoms with E-state index in [0.29, 0.717) is 23.3 Å². The monoisotopic (exact) mass is 420 g/mol. The molecule has 0 radical (unpaired) electrons. The molecule has 1 aromatic heterocycles. The fraction of sp³-hybridized carbons (Fsp3) is 0.292. The number of fused-ring (bicyclic) bond motifs is 1. The van der Waals surface area contributed by atoms with Crippen molar-refractivity contribution in [2.24, 2.45) is 0 Å². The van der Waals surface area contributed by atoms with Crippen LogP contribution in [0.1, 0.15) is 28.9 Å². The molecule has 2 aromatic carbocycles. The van der Waals surface area contributed by atoms with Crippen LogP contribution in [0, 0.1) is 12.7 Å². The fourth-order valence-electron chi connectivity index (χ4n) is 3.89. The molecular formula is C24H25FN4O2. The van der Waals surface area contributed by atoms with Crippen LogP contribution in [0.15, 0.2) is 54.6 Å². The van der Waals surface area contributed by atoms with E-state index in [1.54, 1.807) is 19.1 Å². The van der Waals surface area contributed by atoms with Crippen LogP contribution in [-0.2, 0) is 4.79 Å². The van der Waals surface area contributed by atoms with Gasteiger partial charge in [-0.1, -0.05) is 18.2 Å². The van der Waals surface area contributed by atoms with Gasteiger partial charge in [-0.3, -0.25) is 19.5 Å². The van der Waals surface area contributed by atoms with Gasteiger partial charge < -0.3 is 10.6 Å². The molecule has 1 aliphatic heterocycles. The van der Waals surface area contributed by atoms with Gasteiger partial charge in [-0.15, -0.1) is 0 Å². The van der Waals surface area contributed by atoms with E-state index >= 15 is 0 Å². The second-order valence-electron chi connectivity index (χ2n) is 7.90. The standard InChI is InChI=1S/C24H25FN4O2/c1-16-21(13-17-7-8-18(25)14-22(17)26-16)24(31)28-20-9-11-29(12-10-20)15-23(30)27-19-5-3-2-4-6-19/h2-8,13-14,20H,9-12,15H2,1H3,(H,27,30)(H,28,31).